The van der Waals surface area contributed by atoms with E-state index in [-0.39, 0.29) is 0 Å². The Morgan fingerprint density at radius 1 is 1.42 bits per heavy atom. The molecule has 3 nitrogen and oxygen atoms in total. The van der Waals surface area contributed by atoms with Crippen LogP contribution in [0.4, 0.5) is 0 Å². The van der Waals surface area contributed by atoms with Gasteiger partial charge in [0.25, 0.3) is 0 Å². The number of rotatable bonds is 5. The molecule has 106 valence electrons. The third kappa shape index (κ3) is 4.29. The van der Waals surface area contributed by atoms with Crippen LogP contribution in [-0.4, -0.2) is 29.5 Å². The standard InChI is InChI=1S/C16H27N3/c1-3-13-6-7-16(17)15(9-13)12-19(2)11-14-5-4-8-18-10-14/h4-5,8,10,13,15-16H,3,6-7,9,11-12,17H2,1-2H3. The molecule has 0 aliphatic heterocycles. The van der Waals surface area contributed by atoms with Crippen molar-refractivity contribution in [2.45, 2.75) is 45.2 Å². The van der Waals surface area contributed by atoms with Crippen LogP contribution in [0.25, 0.3) is 0 Å². The van der Waals surface area contributed by atoms with Crippen LogP contribution in [0.15, 0.2) is 24.5 Å². The van der Waals surface area contributed by atoms with Crippen LogP contribution in [-0.2, 0) is 6.54 Å². The van der Waals surface area contributed by atoms with E-state index in [1.165, 1.54) is 31.2 Å². The summed E-state index contributed by atoms with van der Waals surface area (Å²) in [4.78, 5) is 6.56. The van der Waals surface area contributed by atoms with Crippen molar-refractivity contribution in [3.8, 4) is 0 Å². The largest absolute Gasteiger partial charge is 0.327 e. The van der Waals surface area contributed by atoms with Gasteiger partial charge in [0, 0.05) is 31.5 Å². The predicted octanol–water partition coefficient (Wildman–Crippen LogP) is 2.67. The summed E-state index contributed by atoms with van der Waals surface area (Å²) in [7, 11) is 2.19. The van der Waals surface area contributed by atoms with Crippen LogP contribution in [0.1, 0.15) is 38.2 Å². The molecular formula is C16H27N3. The second kappa shape index (κ2) is 7.01. The molecule has 0 bridgehead atoms. The highest BCUT2D eigenvalue weighted by atomic mass is 15.1. The minimum Gasteiger partial charge on any atom is -0.327 e. The van der Waals surface area contributed by atoms with E-state index in [9.17, 15) is 0 Å². The summed E-state index contributed by atoms with van der Waals surface area (Å²) in [5.74, 6) is 1.54. The fourth-order valence-electron chi connectivity index (χ4n) is 3.23. The molecule has 0 spiro atoms. The Bertz CT molecular complexity index is 366. The molecule has 1 heterocycles. The quantitative estimate of drug-likeness (QED) is 0.886. The summed E-state index contributed by atoms with van der Waals surface area (Å²) in [6.45, 7) is 4.37. The van der Waals surface area contributed by atoms with Crippen LogP contribution in [0.2, 0.25) is 0 Å². The second-order valence-corrected chi connectivity index (χ2v) is 6.07. The topological polar surface area (TPSA) is 42.1 Å². The predicted molar refractivity (Wildman–Crippen MR) is 79.7 cm³/mol. The van der Waals surface area contributed by atoms with E-state index in [4.69, 9.17) is 5.73 Å². The van der Waals surface area contributed by atoms with Crippen molar-refractivity contribution >= 4 is 0 Å². The molecule has 3 heteroatoms. The summed E-state index contributed by atoms with van der Waals surface area (Å²) in [6.07, 6.45) is 8.90. The maximum absolute atomic E-state index is 6.30. The monoisotopic (exact) mass is 261 g/mol. The fourth-order valence-corrected chi connectivity index (χ4v) is 3.23. The first kappa shape index (κ1) is 14.5. The lowest BCUT2D eigenvalue weighted by molar-refractivity contribution is 0.168. The third-order valence-corrected chi connectivity index (χ3v) is 4.45. The van der Waals surface area contributed by atoms with Crippen molar-refractivity contribution < 1.29 is 0 Å². The van der Waals surface area contributed by atoms with Gasteiger partial charge in [-0.25, -0.2) is 0 Å². The van der Waals surface area contributed by atoms with Gasteiger partial charge in [0.2, 0.25) is 0 Å². The van der Waals surface area contributed by atoms with Gasteiger partial charge < -0.3 is 10.6 Å². The molecule has 2 N–H and O–H groups in total. The van der Waals surface area contributed by atoms with Crippen molar-refractivity contribution in [2.24, 2.45) is 17.6 Å². The van der Waals surface area contributed by atoms with E-state index < -0.39 is 0 Å². The van der Waals surface area contributed by atoms with E-state index in [0.29, 0.717) is 12.0 Å². The van der Waals surface area contributed by atoms with Gasteiger partial charge in [-0.15, -0.1) is 0 Å². The Hall–Kier alpha value is -0.930. The molecule has 0 aromatic carbocycles. The first-order valence-corrected chi connectivity index (χ1v) is 7.52. The number of aromatic nitrogens is 1. The van der Waals surface area contributed by atoms with Gasteiger partial charge in [-0.3, -0.25) is 4.98 Å². The lowest BCUT2D eigenvalue weighted by Crippen LogP contribution is -2.42. The molecule has 0 radical (unpaired) electrons. The van der Waals surface area contributed by atoms with Crippen molar-refractivity contribution in [3.05, 3.63) is 30.1 Å². The minimum absolute atomic E-state index is 0.388. The first-order valence-electron chi connectivity index (χ1n) is 7.52. The van der Waals surface area contributed by atoms with Crippen LogP contribution in [0.5, 0.6) is 0 Å². The van der Waals surface area contributed by atoms with Crippen molar-refractivity contribution in [3.63, 3.8) is 0 Å². The van der Waals surface area contributed by atoms with Crippen molar-refractivity contribution in [2.75, 3.05) is 13.6 Å². The maximum Gasteiger partial charge on any atom is 0.0312 e. The SMILES string of the molecule is CCC1CCC(N)C(CN(C)Cc2cccnc2)C1. The van der Waals surface area contributed by atoms with Gasteiger partial charge in [0.1, 0.15) is 0 Å². The Balaban J connectivity index is 1.85. The van der Waals surface area contributed by atoms with E-state index in [0.717, 1.165) is 19.0 Å². The normalized spacial score (nSPS) is 27.7. The average molecular weight is 261 g/mol. The third-order valence-electron chi connectivity index (χ3n) is 4.45. The smallest absolute Gasteiger partial charge is 0.0312 e. The molecule has 1 aliphatic carbocycles. The summed E-state index contributed by atoms with van der Waals surface area (Å²) in [5, 5.41) is 0. The zero-order valence-electron chi connectivity index (χ0n) is 12.3. The van der Waals surface area contributed by atoms with Crippen LogP contribution < -0.4 is 5.73 Å². The highest BCUT2D eigenvalue weighted by molar-refractivity contribution is 5.08. The Labute approximate surface area is 117 Å². The van der Waals surface area contributed by atoms with Gasteiger partial charge in [0.05, 0.1) is 0 Å². The van der Waals surface area contributed by atoms with E-state index in [2.05, 4.69) is 29.9 Å². The summed E-state index contributed by atoms with van der Waals surface area (Å²) in [5.41, 5.74) is 7.58. The summed E-state index contributed by atoms with van der Waals surface area (Å²) in [6, 6.07) is 4.53. The van der Waals surface area contributed by atoms with Crippen molar-refractivity contribution in [1.82, 2.24) is 9.88 Å². The van der Waals surface area contributed by atoms with E-state index >= 15 is 0 Å². The maximum atomic E-state index is 6.30. The van der Waals surface area contributed by atoms with E-state index in [1.54, 1.807) is 0 Å². The number of pyridine rings is 1. The molecule has 1 aliphatic rings. The minimum atomic E-state index is 0.388. The number of nitrogens with zero attached hydrogens (tertiary/aromatic N) is 2. The lowest BCUT2D eigenvalue weighted by Gasteiger charge is -2.36. The second-order valence-electron chi connectivity index (χ2n) is 6.07. The number of hydrogen-bond donors (Lipinski definition) is 1. The van der Waals surface area contributed by atoms with Crippen molar-refractivity contribution in [1.29, 1.82) is 0 Å². The first-order chi connectivity index (χ1) is 9.19. The highest BCUT2D eigenvalue weighted by Gasteiger charge is 2.27. The number of hydrogen-bond acceptors (Lipinski definition) is 3. The van der Waals surface area contributed by atoms with Gasteiger partial charge >= 0.3 is 0 Å². The van der Waals surface area contributed by atoms with Crippen LogP contribution >= 0.6 is 0 Å². The Morgan fingerprint density at radius 2 is 2.26 bits per heavy atom. The van der Waals surface area contributed by atoms with Gasteiger partial charge in [0.15, 0.2) is 0 Å². The lowest BCUT2D eigenvalue weighted by atomic mass is 9.77. The Morgan fingerprint density at radius 3 is 2.95 bits per heavy atom. The zero-order chi connectivity index (χ0) is 13.7. The molecule has 0 amide bonds. The van der Waals surface area contributed by atoms with Gasteiger partial charge in [-0.2, -0.15) is 0 Å². The summed E-state index contributed by atoms with van der Waals surface area (Å²) >= 11 is 0. The highest BCUT2D eigenvalue weighted by Crippen LogP contribution is 2.30. The zero-order valence-corrected chi connectivity index (χ0v) is 12.3. The van der Waals surface area contributed by atoms with Crippen LogP contribution in [0.3, 0.4) is 0 Å². The molecule has 1 saturated carbocycles. The molecular weight excluding hydrogens is 234 g/mol. The molecule has 0 saturated heterocycles. The van der Waals surface area contributed by atoms with Gasteiger partial charge in [-0.05, 0) is 49.8 Å². The van der Waals surface area contributed by atoms with E-state index in [1.807, 2.05) is 18.5 Å². The molecule has 1 aromatic heterocycles. The Kier molecular flexibility index (Phi) is 5.34. The molecule has 19 heavy (non-hydrogen) atoms. The molecule has 2 rings (SSSR count). The fraction of sp³-hybridized carbons (Fsp3) is 0.688. The molecule has 3 unspecified atom stereocenters. The molecule has 1 aromatic rings. The molecule has 1 fully saturated rings. The average Bonchev–Trinajstić information content (AvgIpc) is 2.42. The van der Waals surface area contributed by atoms with Gasteiger partial charge in [-0.1, -0.05) is 19.4 Å². The number of nitrogens with two attached hydrogens (primary N) is 1. The molecule has 3 atom stereocenters. The van der Waals surface area contributed by atoms with Crippen LogP contribution in [0, 0.1) is 11.8 Å². The summed E-state index contributed by atoms with van der Waals surface area (Å²) < 4.78 is 0.